The monoisotopic (exact) mass is 263 g/mol. The molecule has 1 saturated carbocycles. The van der Waals surface area contributed by atoms with Gasteiger partial charge in [0.1, 0.15) is 5.82 Å². The third-order valence-electron chi connectivity index (χ3n) is 4.69. The van der Waals surface area contributed by atoms with Crippen LogP contribution in [0.2, 0.25) is 0 Å². The fraction of sp³-hybridized carbons (Fsp3) is 0.625. The van der Waals surface area contributed by atoms with Gasteiger partial charge in [-0.15, -0.1) is 0 Å². The maximum absolute atomic E-state index is 13.6. The van der Waals surface area contributed by atoms with Crippen molar-refractivity contribution in [2.45, 2.75) is 44.2 Å². The second-order valence-electron chi connectivity index (χ2n) is 5.92. The average molecular weight is 263 g/mol. The highest BCUT2D eigenvalue weighted by Crippen LogP contribution is 2.38. The van der Waals surface area contributed by atoms with Crippen LogP contribution in [0.25, 0.3) is 0 Å². The van der Waals surface area contributed by atoms with Gasteiger partial charge in [-0.2, -0.15) is 0 Å². The average Bonchev–Trinajstić information content (AvgIpc) is 2.75. The summed E-state index contributed by atoms with van der Waals surface area (Å²) in [6, 6.07) is 7.72. The summed E-state index contributed by atoms with van der Waals surface area (Å²) in [5.74, 6) is 0.993. The van der Waals surface area contributed by atoms with Gasteiger partial charge in [0.2, 0.25) is 0 Å². The molecule has 0 radical (unpaired) electrons. The van der Waals surface area contributed by atoms with Gasteiger partial charge in [-0.05, 0) is 49.7 Å². The lowest BCUT2D eigenvalue weighted by Gasteiger charge is -2.37. The topological polar surface area (TPSA) is 21.3 Å². The molecule has 1 aromatic carbocycles. The summed E-state index contributed by atoms with van der Waals surface area (Å²) in [6.07, 6.45) is 3.67. The fourth-order valence-corrected chi connectivity index (χ4v) is 3.21. The van der Waals surface area contributed by atoms with Crippen molar-refractivity contribution in [3.63, 3.8) is 0 Å². The maximum atomic E-state index is 13.6. The van der Waals surface area contributed by atoms with Crippen LogP contribution >= 0.6 is 0 Å². The zero-order valence-electron chi connectivity index (χ0n) is 11.4. The quantitative estimate of drug-likeness (QED) is 0.901. The Kier molecular flexibility index (Phi) is 3.85. The van der Waals surface area contributed by atoms with Crippen LogP contribution in [0.5, 0.6) is 0 Å². The third-order valence-corrected chi connectivity index (χ3v) is 4.69. The summed E-state index contributed by atoms with van der Waals surface area (Å²) in [6.45, 7) is 4.09. The highest BCUT2D eigenvalue weighted by Gasteiger charge is 2.33. The first-order valence-electron chi connectivity index (χ1n) is 7.33. The molecule has 2 aliphatic rings. The lowest BCUT2D eigenvalue weighted by molar-refractivity contribution is 0.103. The van der Waals surface area contributed by atoms with Crippen molar-refractivity contribution in [3.05, 3.63) is 35.6 Å². The zero-order valence-corrected chi connectivity index (χ0v) is 11.4. The summed E-state index contributed by atoms with van der Waals surface area (Å²) in [5, 5.41) is 3.61. The molecule has 3 heteroatoms. The number of halogens is 1. The van der Waals surface area contributed by atoms with Crippen molar-refractivity contribution in [3.8, 4) is 0 Å². The van der Waals surface area contributed by atoms with E-state index in [4.69, 9.17) is 4.74 Å². The van der Waals surface area contributed by atoms with Crippen molar-refractivity contribution in [1.29, 1.82) is 0 Å². The molecule has 1 aliphatic heterocycles. The van der Waals surface area contributed by atoms with Crippen LogP contribution in [0, 0.1) is 11.7 Å². The summed E-state index contributed by atoms with van der Waals surface area (Å²) in [5.41, 5.74) is 0.887. The van der Waals surface area contributed by atoms with Gasteiger partial charge in [0.15, 0.2) is 0 Å². The van der Waals surface area contributed by atoms with E-state index >= 15 is 0 Å². The number of hydrogen-bond acceptors (Lipinski definition) is 2. The highest BCUT2D eigenvalue weighted by atomic mass is 19.1. The van der Waals surface area contributed by atoms with Crippen molar-refractivity contribution in [2.75, 3.05) is 13.2 Å². The van der Waals surface area contributed by atoms with Crippen LogP contribution < -0.4 is 5.32 Å². The van der Waals surface area contributed by atoms with E-state index in [1.54, 1.807) is 12.1 Å². The molecule has 3 rings (SSSR count). The Labute approximate surface area is 114 Å². The number of benzene rings is 1. The van der Waals surface area contributed by atoms with Gasteiger partial charge in [-0.1, -0.05) is 18.2 Å². The van der Waals surface area contributed by atoms with E-state index in [0.717, 1.165) is 38.0 Å². The molecule has 1 heterocycles. The molecule has 0 aromatic heterocycles. The molecule has 1 N–H and O–H groups in total. The number of nitrogens with one attached hydrogen (secondary N) is 1. The maximum Gasteiger partial charge on any atom is 0.126 e. The van der Waals surface area contributed by atoms with E-state index in [-0.39, 0.29) is 5.82 Å². The molecular weight excluding hydrogens is 241 g/mol. The van der Waals surface area contributed by atoms with Gasteiger partial charge in [0.05, 0.1) is 6.10 Å². The minimum atomic E-state index is -0.0521. The van der Waals surface area contributed by atoms with Crippen molar-refractivity contribution in [2.24, 2.45) is 5.92 Å². The van der Waals surface area contributed by atoms with Crippen molar-refractivity contribution < 1.29 is 9.13 Å². The molecule has 1 aromatic rings. The van der Waals surface area contributed by atoms with Crippen molar-refractivity contribution >= 4 is 0 Å². The van der Waals surface area contributed by atoms with Gasteiger partial charge in [-0.3, -0.25) is 0 Å². The van der Waals surface area contributed by atoms with Crippen LogP contribution in [0.4, 0.5) is 4.39 Å². The molecule has 104 valence electrons. The van der Waals surface area contributed by atoms with E-state index in [1.165, 1.54) is 0 Å². The van der Waals surface area contributed by atoms with E-state index in [9.17, 15) is 4.39 Å². The molecule has 1 aliphatic carbocycles. The van der Waals surface area contributed by atoms with Crippen molar-refractivity contribution in [1.82, 2.24) is 5.32 Å². The normalized spacial score (nSPS) is 34.2. The summed E-state index contributed by atoms with van der Waals surface area (Å²) < 4.78 is 19.2. The minimum Gasteiger partial charge on any atom is -0.378 e. The molecular formula is C16H22FNO. The zero-order chi connectivity index (χ0) is 13.2. The Morgan fingerprint density at radius 1 is 1.32 bits per heavy atom. The molecule has 2 nitrogen and oxygen atoms in total. The van der Waals surface area contributed by atoms with Crippen LogP contribution in [0.3, 0.4) is 0 Å². The lowest BCUT2D eigenvalue weighted by atomic mass is 9.75. The molecule has 2 fully saturated rings. The SMILES string of the molecule is CC1OCCC1CNC1CC(c2ccccc2F)C1. The molecule has 2 atom stereocenters. The van der Waals surface area contributed by atoms with Crippen LogP contribution in [0.15, 0.2) is 24.3 Å². The van der Waals surface area contributed by atoms with Gasteiger partial charge in [0, 0.05) is 19.2 Å². The largest absolute Gasteiger partial charge is 0.378 e. The molecule has 2 unspecified atom stereocenters. The first kappa shape index (κ1) is 13.1. The smallest absolute Gasteiger partial charge is 0.126 e. The van der Waals surface area contributed by atoms with Crippen LogP contribution in [0.1, 0.15) is 37.7 Å². The van der Waals surface area contributed by atoms with E-state index < -0.39 is 0 Å². The summed E-state index contributed by atoms with van der Waals surface area (Å²) in [4.78, 5) is 0. The predicted molar refractivity (Wildman–Crippen MR) is 73.7 cm³/mol. The van der Waals surface area contributed by atoms with Crippen LogP contribution in [-0.4, -0.2) is 25.3 Å². The Hall–Kier alpha value is -0.930. The minimum absolute atomic E-state index is 0.0521. The molecule has 0 amide bonds. The first-order valence-corrected chi connectivity index (χ1v) is 7.33. The summed E-state index contributed by atoms with van der Waals surface area (Å²) in [7, 11) is 0. The lowest BCUT2D eigenvalue weighted by Crippen LogP contribution is -2.43. The second kappa shape index (κ2) is 5.59. The molecule has 0 bridgehead atoms. The van der Waals surface area contributed by atoms with Gasteiger partial charge in [0.25, 0.3) is 0 Å². The fourth-order valence-electron chi connectivity index (χ4n) is 3.21. The predicted octanol–water partition coefficient (Wildman–Crippen LogP) is 3.09. The molecule has 19 heavy (non-hydrogen) atoms. The standard InChI is InChI=1S/C16H22FNO/c1-11-12(6-7-19-11)10-18-14-8-13(9-14)15-4-2-3-5-16(15)17/h2-5,11-14,18H,6-10H2,1H3. The highest BCUT2D eigenvalue weighted by molar-refractivity contribution is 5.24. The first-order chi connectivity index (χ1) is 9.24. The van der Waals surface area contributed by atoms with Gasteiger partial charge >= 0.3 is 0 Å². The second-order valence-corrected chi connectivity index (χ2v) is 5.92. The number of hydrogen-bond donors (Lipinski definition) is 1. The van der Waals surface area contributed by atoms with E-state index in [2.05, 4.69) is 12.2 Å². The third kappa shape index (κ3) is 2.82. The Morgan fingerprint density at radius 3 is 2.79 bits per heavy atom. The molecule has 0 spiro atoms. The van der Waals surface area contributed by atoms with E-state index in [1.807, 2.05) is 12.1 Å². The van der Waals surface area contributed by atoms with Crippen LogP contribution in [-0.2, 0) is 4.74 Å². The van der Waals surface area contributed by atoms with Gasteiger partial charge < -0.3 is 10.1 Å². The molecule has 1 saturated heterocycles. The number of rotatable bonds is 4. The van der Waals surface area contributed by atoms with Gasteiger partial charge in [-0.25, -0.2) is 4.39 Å². The summed E-state index contributed by atoms with van der Waals surface area (Å²) >= 11 is 0. The Balaban J connectivity index is 1.44. The number of ether oxygens (including phenoxy) is 1. The Morgan fingerprint density at radius 2 is 2.11 bits per heavy atom. The van der Waals surface area contributed by atoms with E-state index in [0.29, 0.717) is 24.0 Å². The Bertz CT molecular complexity index is 431.